The van der Waals surface area contributed by atoms with Gasteiger partial charge in [-0.05, 0) is 72.6 Å². The molecule has 0 bridgehead atoms. The van der Waals surface area contributed by atoms with Crippen LogP contribution in [0.3, 0.4) is 0 Å². The fraction of sp³-hybridized carbons (Fsp3) is 0.416. The van der Waals surface area contributed by atoms with E-state index in [4.69, 9.17) is 25.2 Å². The zero-order chi connectivity index (χ0) is 80.2. The van der Waals surface area contributed by atoms with E-state index < -0.39 is 150 Å². The monoisotopic (exact) mass is 1520 g/mol. The molecule has 4 radical (unpaired) electrons. The van der Waals surface area contributed by atoms with Gasteiger partial charge in [0.2, 0.25) is 62.7 Å². The summed E-state index contributed by atoms with van der Waals surface area (Å²) in [6.07, 6.45) is 13.2. The van der Waals surface area contributed by atoms with Crippen molar-refractivity contribution < 1.29 is 86.5 Å². The van der Waals surface area contributed by atoms with Crippen molar-refractivity contribution in [1.82, 2.24) is 72.7 Å². The van der Waals surface area contributed by atoms with Crippen LogP contribution in [0.1, 0.15) is 149 Å². The molecule has 0 spiro atoms. The van der Waals surface area contributed by atoms with E-state index in [1.807, 2.05) is 12.1 Å². The predicted octanol–water partition coefficient (Wildman–Crippen LogP) is 3.67. The third-order valence-electron chi connectivity index (χ3n) is 18.4. The first-order chi connectivity index (χ1) is 53.4. The number of esters is 1. The molecule has 111 heavy (non-hydrogen) atoms. The lowest BCUT2D eigenvalue weighted by Gasteiger charge is -2.31. The number of imidazole rings is 2. The predicted molar refractivity (Wildman–Crippen MR) is 402 cm³/mol. The Morgan fingerprint density at radius 3 is 1.34 bits per heavy atom. The van der Waals surface area contributed by atoms with E-state index in [2.05, 4.69) is 68.1 Å². The van der Waals surface area contributed by atoms with Gasteiger partial charge in [0.05, 0.1) is 37.2 Å². The topological polar surface area (TPSA) is 462 Å². The number of ether oxygens (including phenoxy) is 2. The van der Waals surface area contributed by atoms with Gasteiger partial charge < -0.3 is 72.7 Å². The van der Waals surface area contributed by atoms with Crippen LogP contribution in [0.2, 0.25) is 0 Å². The molecular formula is C77H92B2N14O18. The van der Waals surface area contributed by atoms with Gasteiger partial charge in [-0.3, -0.25) is 57.5 Å². The molecule has 2 fully saturated rings. The number of nitrogens with one attached hydrogen (secondary N) is 11. The van der Waals surface area contributed by atoms with Crippen molar-refractivity contribution in [3.63, 3.8) is 0 Å². The zero-order valence-corrected chi connectivity index (χ0v) is 61.7. The molecule has 2 aliphatic carbocycles. The number of ketones is 2. The van der Waals surface area contributed by atoms with Gasteiger partial charge in [-0.1, -0.05) is 187 Å². The molecule has 2 aliphatic rings. The van der Waals surface area contributed by atoms with E-state index in [-0.39, 0.29) is 56.4 Å². The molecule has 8 rings (SSSR count). The van der Waals surface area contributed by atoms with E-state index in [1.165, 1.54) is 37.2 Å². The standard InChI is InChI=1S/C46H52BN7O10.C31H40BN7O8/c1-2-15-35(40(56)43(59)48-25-37(55)52-39(33-22-13-6-14-23-33)44(60)63-27-30-16-7-3-8-17-30)50-41(57)36(51-42(58)38(53-45(47)61)32-20-11-5-12-21-32)24-34-26-54(29-49-34)46(62)64-28-31-18-9-4-10-19-31;1-2-9-21(26(41)29(44)34-16-23(40)38-25(30(45)46)19-12-7-4-8-13-19)36-27(42)22(14-20-15-33-17-35-20)37-28(43)24(39-31(32)47)18-10-5-3-6-11-18/h3-4,6-10,13-14,16-19,22-23,26,29,32,35-36,38-39H,2,5,11-12,15,20-21,24-25,27-28H2,1H3,(H,48,59)(H,50,57)(H,51,58)(H,52,55)(H,53,61);4,7-8,12-13,15,17-18,21-22,24-25H,2-3,5-6,9-11,14,16H2,1H3,(H,33,35)(H,34,44)(H,36,42)(H,37,43)(H,38,40)(H,39,47)(H,45,46)/t35?,36-,38-,39-;21?,22-,24-,25-/m00/s1. The highest BCUT2D eigenvalue weighted by molar-refractivity contribution is 6.57. The van der Waals surface area contributed by atoms with Crippen molar-refractivity contribution in [3.05, 3.63) is 180 Å². The van der Waals surface area contributed by atoms with E-state index in [0.717, 1.165) is 54.2 Å². The number of carboxylic acids is 1. The number of amides is 10. The number of carbonyl (C=O) groups is 15. The molecule has 6 aromatic rings. The molecule has 4 aromatic carbocycles. The first kappa shape index (κ1) is 86.1. The Labute approximate surface area is 643 Å². The smallest absolute Gasteiger partial charge is 0.419 e. The molecule has 2 aromatic heterocycles. The summed E-state index contributed by atoms with van der Waals surface area (Å²) < 4.78 is 11.9. The fourth-order valence-electron chi connectivity index (χ4n) is 12.7. The van der Waals surface area contributed by atoms with Crippen molar-refractivity contribution in [2.75, 3.05) is 13.1 Å². The first-order valence-corrected chi connectivity index (χ1v) is 36.7. The molecule has 32 nitrogen and oxygen atoms in total. The Bertz CT molecular complexity index is 4130. The summed E-state index contributed by atoms with van der Waals surface area (Å²) in [5, 5.41) is 34.3. The number of carboxylic acid groups (broad SMARTS) is 1. The van der Waals surface area contributed by atoms with Gasteiger partial charge in [-0.2, -0.15) is 0 Å². The van der Waals surface area contributed by atoms with E-state index in [9.17, 15) is 77.0 Å². The number of benzene rings is 4. The number of nitrogens with zero attached hydrogens (tertiary/aromatic N) is 3. The Hall–Kier alpha value is -12.1. The zero-order valence-electron chi connectivity index (χ0n) is 61.7. The van der Waals surface area contributed by atoms with Crippen molar-refractivity contribution in [2.24, 2.45) is 11.8 Å². The third kappa shape index (κ3) is 28.4. The Morgan fingerprint density at radius 1 is 0.505 bits per heavy atom. The third-order valence-corrected chi connectivity index (χ3v) is 18.4. The molecule has 0 aliphatic heterocycles. The molecule has 10 amide bonds. The average molecular weight is 1520 g/mol. The molecular weight excluding hydrogens is 1430 g/mol. The molecule has 584 valence electrons. The number of Topliss-reactive ketones (excluding diaryl/α,β-unsaturated/α-hetero) is 2. The summed E-state index contributed by atoms with van der Waals surface area (Å²) in [5.74, 6) is -13.4. The van der Waals surface area contributed by atoms with Crippen LogP contribution in [0.5, 0.6) is 0 Å². The Kier molecular flexibility index (Phi) is 34.9. The number of aromatic nitrogens is 4. The van der Waals surface area contributed by atoms with Crippen molar-refractivity contribution >= 4 is 104 Å². The summed E-state index contributed by atoms with van der Waals surface area (Å²) >= 11 is 0. The lowest BCUT2D eigenvalue weighted by atomic mass is 9.83. The molecule has 2 heterocycles. The van der Waals surface area contributed by atoms with Crippen LogP contribution >= 0.6 is 0 Å². The second-order valence-corrected chi connectivity index (χ2v) is 26.7. The minimum absolute atomic E-state index is 0.00397. The highest BCUT2D eigenvalue weighted by Crippen LogP contribution is 2.29. The van der Waals surface area contributed by atoms with Crippen LogP contribution in [0.15, 0.2) is 146 Å². The van der Waals surface area contributed by atoms with Gasteiger partial charge in [-0.25, -0.2) is 28.9 Å². The molecule has 12 N–H and O–H groups in total. The molecule has 2 saturated carbocycles. The summed E-state index contributed by atoms with van der Waals surface area (Å²) in [6, 6.07) is 24.3. The number of aliphatic carboxylic acids is 1. The minimum Gasteiger partial charge on any atom is -0.479 e. The maximum atomic E-state index is 14.1. The number of H-pyrrole nitrogens is 1. The van der Waals surface area contributed by atoms with Gasteiger partial charge in [0.25, 0.3) is 11.8 Å². The summed E-state index contributed by atoms with van der Waals surface area (Å²) in [6.45, 7) is 2.02. The lowest BCUT2D eigenvalue weighted by Crippen LogP contribution is -2.58. The summed E-state index contributed by atoms with van der Waals surface area (Å²) in [5.41, 5.74) is 2.92. The first-order valence-electron chi connectivity index (χ1n) is 36.7. The van der Waals surface area contributed by atoms with E-state index in [0.29, 0.717) is 55.3 Å². The molecule has 34 heteroatoms. The molecule has 2 unspecified atom stereocenters. The van der Waals surface area contributed by atoms with Gasteiger partial charge in [0, 0.05) is 30.9 Å². The summed E-state index contributed by atoms with van der Waals surface area (Å²) in [7, 11) is 10.8. The van der Waals surface area contributed by atoms with Crippen LogP contribution < -0.4 is 53.2 Å². The Morgan fingerprint density at radius 2 is 0.919 bits per heavy atom. The van der Waals surface area contributed by atoms with Crippen LogP contribution in [0.25, 0.3) is 0 Å². The largest absolute Gasteiger partial charge is 0.479 e. The Balaban J connectivity index is 0.000000324. The normalized spacial score (nSPS) is 14.9. The fourth-order valence-corrected chi connectivity index (χ4v) is 12.7. The van der Waals surface area contributed by atoms with Gasteiger partial charge in [0.15, 0.2) is 23.7 Å². The highest BCUT2D eigenvalue weighted by atomic mass is 16.6. The number of aromatic amines is 1. The van der Waals surface area contributed by atoms with Crippen LogP contribution in [0.4, 0.5) is 14.4 Å². The van der Waals surface area contributed by atoms with Crippen LogP contribution in [-0.2, 0) is 93.1 Å². The lowest BCUT2D eigenvalue weighted by molar-refractivity contribution is -0.149. The quantitative estimate of drug-likeness (QED) is 0.0149. The van der Waals surface area contributed by atoms with Gasteiger partial charge >= 0.3 is 18.0 Å². The van der Waals surface area contributed by atoms with Gasteiger partial charge in [-0.15, -0.1) is 0 Å². The van der Waals surface area contributed by atoms with Crippen molar-refractivity contribution in [1.29, 1.82) is 0 Å². The minimum atomic E-state index is -1.42. The highest BCUT2D eigenvalue weighted by Gasteiger charge is 2.38. The average Bonchev–Trinajstić information content (AvgIpc) is 1.78. The second kappa shape index (κ2) is 45.0. The van der Waals surface area contributed by atoms with Crippen molar-refractivity contribution in [3.8, 4) is 0 Å². The molecule has 8 atom stereocenters. The molecule has 0 saturated heterocycles. The van der Waals surface area contributed by atoms with Crippen LogP contribution in [0, 0.1) is 11.8 Å². The summed E-state index contributed by atoms with van der Waals surface area (Å²) in [4.78, 5) is 206. The number of hydrogen-bond acceptors (Lipinski definition) is 19. The number of rotatable bonds is 38. The number of carbonyl (C=O) groups excluding carboxylic acids is 14. The second-order valence-electron chi connectivity index (χ2n) is 26.7. The SMILES string of the molecule is [B]C(=O)N[C@H](C(=O)N[C@@H](Cc1cn(C(=O)OCc2ccccc2)cn1)C(=O)NC(CCC)C(=O)C(=O)NCC(=O)N[C@H](C(=O)OCc1ccccc1)c1ccccc1)C1CCCCC1.[B]C(=O)N[C@H](C(=O)N[C@@H](Cc1cnc[nH]1)C(=O)NC(CCC)C(=O)C(=O)NCC(=O)N[C@H](C(=O)O)c1ccccc1)C1CCCCC1. The van der Waals surface area contributed by atoms with Gasteiger partial charge in [0.1, 0.15) is 43.7 Å². The number of hydrogen-bond donors (Lipinski definition) is 12. The van der Waals surface area contributed by atoms with E-state index in [1.54, 1.807) is 111 Å². The van der Waals surface area contributed by atoms with Crippen molar-refractivity contribution in [2.45, 2.75) is 178 Å². The van der Waals surface area contributed by atoms with E-state index >= 15 is 0 Å². The maximum Gasteiger partial charge on any atom is 0.419 e. The maximum absolute atomic E-state index is 14.1. The van der Waals surface area contributed by atoms with Crippen LogP contribution in [-0.4, -0.2) is 178 Å².